The molecule has 1 N–H and O–H groups in total. The Morgan fingerprint density at radius 3 is 2.73 bits per heavy atom. The molecule has 0 aromatic heterocycles. The molecule has 2 atom stereocenters. The minimum absolute atomic E-state index is 0.0235. The molecule has 0 spiro atoms. The van der Waals surface area contributed by atoms with Gasteiger partial charge in [0.1, 0.15) is 5.54 Å². The SMILES string of the molecule is C[C@@](C#N)(NC(=O)CN1CC[C@H](c2ccccc2)C1)C1CC1. The zero-order valence-corrected chi connectivity index (χ0v) is 13.1. The number of rotatable bonds is 5. The Balaban J connectivity index is 1.52. The quantitative estimate of drug-likeness (QED) is 0.907. The van der Waals surface area contributed by atoms with Gasteiger partial charge in [-0.25, -0.2) is 0 Å². The third-order valence-electron chi connectivity index (χ3n) is 4.94. The standard InChI is InChI=1S/C18H23N3O/c1-18(13-19,16-7-8-16)20-17(22)12-21-10-9-15(11-21)14-5-3-2-4-6-14/h2-6,15-16H,7-12H2,1H3,(H,20,22)/t15-,18-/m0/s1. The summed E-state index contributed by atoms with van der Waals surface area (Å²) in [5.74, 6) is 0.821. The van der Waals surface area contributed by atoms with Gasteiger partial charge in [-0.3, -0.25) is 9.69 Å². The summed E-state index contributed by atoms with van der Waals surface area (Å²) in [5.41, 5.74) is 0.667. The lowest BCUT2D eigenvalue weighted by Gasteiger charge is -2.24. The molecule has 1 saturated carbocycles. The van der Waals surface area contributed by atoms with Gasteiger partial charge < -0.3 is 5.32 Å². The lowest BCUT2D eigenvalue weighted by Crippen LogP contribution is -2.50. The van der Waals surface area contributed by atoms with Crippen molar-refractivity contribution in [3.63, 3.8) is 0 Å². The normalized spacial score (nSPS) is 24.5. The van der Waals surface area contributed by atoms with Crippen molar-refractivity contribution in [2.75, 3.05) is 19.6 Å². The molecule has 1 aromatic carbocycles. The molecule has 1 aliphatic heterocycles. The Labute approximate surface area is 132 Å². The van der Waals surface area contributed by atoms with E-state index in [4.69, 9.17) is 0 Å². The van der Waals surface area contributed by atoms with E-state index in [0.717, 1.165) is 32.4 Å². The first-order valence-electron chi connectivity index (χ1n) is 8.10. The summed E-state index contributed by atoms with van der Waals surface area (Å²) in [6.07, 6.45) is 3.18. The molecular formula is C18H23N3O. The van der Waals surface area contributed by atoms with Gasteiger partial charge in [0, 0.05) is 6.54 Å². The molecule has 3 rings (SSSR count). The summed E-state index contributed by atoms with van der Waals surface area (Å²) in [6.45, 7) is 4.11. The Kier molecular flexibility index (Phi) is 4.17. The van der Waals surface area contributed by atoms with Crippen molar-refractivity contribution < 1.29 is 4.79 Å². The van der Waals surface area contributed by atoms with E-state index in [2.05, 4.69) is 40.6 Å². The minimum atomic E-state index is -0.685. The molecule has 1 aliphatic carbocycles. The van der Waals surface area contributed by atoms with Crippen molar-refractivity contribution in [1.82, 2.24) is 10.2 Å². The maximum absolute atomic E-state index is 12.2. The predicted molar refractivity (Wildman–Crippen MR) is 85.1 cm³/mol. The van der Waals surface area contributed by atoms with Crippen LogP contribution in [0.5, 0.6) is 0 Å². The smallest absolute Gasteiger partial charge is 0.235 e. The van der Waals surface area contributed by atoms with Crippen LogP contribution in [0, 0.1) is 17.2 Å². The molecule has 4 nitrogen and oxygen atoms in total. The van der Waals surface area contributed by atoms with Crippen LogP contribution >= 0.6 is 0 Å². The second-order valence-electron chi connectivity index (χ2n) is 6.77. The Morgan fingerprint density at radius 1 is 1.36 bits per heavy atom. The highest BCUT2D eigenvalue weighted by Crippen LogP contribution is 2.39. The molecule has 0 unspecified atom stereocenters. The van der Waals surface area contributed by atoms with Crippen molar-refractivity contribution in [2.24, 2.45) is 5.92 Å². The summed E-state index contributed by atoms with van der Waals surface area (Å²) >= 11 is 0. The highest BCUT2D eigenvalue weighted by atomic mass is 16.2. The third-order valence-corrected chi connectivity index (χ3v) is 4.94. The topological polar surface area (TPSA) is 56.1 Å². The highest BCUT2D eigenvalue weighted by molar-refractivity contribution is 5.79. The number of carbonyl (C=O) groups excluding carboxylic acids is 1. The molecule has 1 amide bonds. The van der Waals surface area contributed by atoms with Crippen molar-refractivity contribution in [1.29, 1.82) is 5.26 Å². The van der Waals surface area contributed by atoms with E-state index in [1.807, 2.05) is 13.0 Å². The van der Waals surface area contributed by atoms with E-state index in [1.54, 1.807) is 0 Å². The van der Waals surface area contributed by atoms with Crippen LogP contribution < -0.4 is 5.32 Å². The Hall–Kier alpha value is -1.86. The largest absolute Gasteiger partial charge is 0.337 e. The molecule has 2 fully saturated rings. The van der Waals surface area contributed by atoms with Gasteiger partial charge in [-0.2, -0.15) is 5.26 Å². The number of amides is 1. The first kappa shape index (κ1) is 15.1. The number of benzene rings is 1. The molecule has 116 valence electrons. The van der Waals surface area contributed by atoms with Crippen LogP contribution in [0.15, 0.2) is 30.3 Å². The molecule has 4 heteroatoms. The number of hydrogen-bond donors (Lipinski definition) is 1. The number of nitriles is 1. The second-order valence-corrected chi connectivity index (χ2v) is 6.77. The molecular weight excluding hydrogens is 274 g/mol. The van der Waals surface area contributed by atoms with Gasteiger partial charge in [-0.15, -0.1) is 0 Å². The van der Waals surface area contributed by atoms with Gasteiger partial charge in [0.2, 0.25) is 5.91 Å². The summed E-state index contributed by atoms with van der Waals surface area (Å²) in [7, 11) is 0. The van der Waals surface area contributed by atoms with E-state index in [-0.39, 0.29) is 5.91 Å². The van der Waals surface area contributed by atoms with E-state index in [1.165, 1.54) is 5.56 Å². The van der Waals surface area contributed by atoms with Crippen LogP contribution in [0.3, 0.4) is 0 Å². The minimum Gasteiger partial charge on any atom is -0.337 e. The number of nitrogens with zero attached hydrogens (tertiary/aromatic N) is 2. The fraction of sp³-hybridized carbons (Fsp3) is 0.556. The van der Waals surface area contributed by atoms with Crippen LogP contribution in [-0.2, 0) is 4.79 Å². The van der Waals surface area contributed by atoms with Gasteiger partial charge >= 0.3 is 0 Å². The Bertz CT molecular complexity index is 576. The fourth-order valence-corrected chi connectivity index (χ4v) is 3.39. The maximum atomic E-state index is 12.2. The molecule has 1 aromatic rings. The zero-order valence-electron chi connectivity index (χ0n) is 13.1. The second kappa shape index (κ2) is 6.10. The average molecular weight is 297 g/mol. The van der Waals surface area contributed by atoms with Crippen molar-refractivity contribution >= 4 is 5.91 Å². The van der Waals surface area contributed by atoms with Crippen molar-refractivity contribution in [3.8, 4) is 6.07 Å². The molecule has 0 bridgehead atoms. The average Bonchev–Trinajstić information content (AvgIpc) is 3.29. The molecule has 0 radical (unpaired) electrons. The number of likely N-dealkylation sites (tertiary alicyclic amines) is 1. The van der Waals surface area contributed by atoms with E-state index in [0.29, 0.717) is 18.4 Å². The first-order valence-corrected chi connectivity index (χ1v) is 8.10. The summed E-state index contributed by atoms with van der Waals surface area (Å²) in [5, 5.41) is 12.3. The predicted octanol–water partition coefficient (Wildman–Crippen LogP) is 2.28. The van der Waals surface area contributed by atoms with Gasteiger partial charge in [-0.05, 0) is 50.1 Å². The van der Waals surface area contributed by atoms with Crippen LogP contribution in [-0.4, -0.2) is 36.0 Å². The maximum Gasteiger partial charge on any atom is 0.235 e. The number of nitrogens with one attached hydrogen (secondary N) is 1. The third kappa shape index (κ3) is 3.31. The van der Waals surface area contributed by atoms with Crippen molar-refractivity contribution in [2.45, 2.75) is 37.6 Å². The van der Waals surface area contributed by atoms with Crippen LogP contribution in [0.4, 0.5) is 0 Å². The van der Waals surface area contributed by atoms with E-state index in [9.17, 15) is 10.1 Å². The van der Waals surface area contributed by atoms with E-state index < -0.39 is 5.54 Å². The van der Waals surface area contributed by atoms with Crippen LogP contribution in [0.1, 0.15) is 37.7 Å². The fourth-order valence-electron chi connectivity index (χ4n) is 3.39. The molecule has 22 heavy (non-hydrogen) atoms. The molecule has 2 aliphatic rings. The lowest BCUT2D eigenvalue weighted by molar-refractivity contribution is -0.123. The van der Waals surface area contributed by atoms with Gasteiger partial charge in [-0.1, -0.05) is 30.3 Å². The highest BCUT2D eigenvalue weighted by Gasteiger charge is 2.43. The number of hydrogen-bond acceptors (Lipinski definition) is 3. The van der Waals surface area contributed by atoms with Gasteiger partial charge in [0.25, 0.3) is 0 Å². The summed E-state index contributed by atoms with van der Waals surface area (Å²) < 4.78 is 0. The van der Waals surface area contributed by atoms with E-state index >= 15 is 0 Å². The number of carbonyl (C=O) groups is 1. The lowest BCUT2D eigenvalue weighted by atomic mass is 9.98. The molecule has 1 saturated heterocycles. The Morgan fingerprint density at radius 2 is 2.09 bits per heavy atom. The van der Waals surface area contributed by atoms with Gasteiger partial charge in [0.05, 0.1) is 12.6 Å². The first-order chi connectivity index (χ1) is 10.6. The molecule has 1 heterocycles. The zero-order chi connectivity index (χ0) is 15.6. The van der Waals surface area contributed by atoms with Crippen molar-refractivity contribution in [3.05, 3.63) is 35.9 Å². The van der Waals surface area contributed by atoms with Crippen LogP contribution in [0.25, 0.3) is 0 Å². The summed E-state index contributed by atoms with van der Waals surface area (Å²) in [4.78, 5) is 14.4. The monoisotopic (exact) mass is 297 g/mol. The van der Waals surface area contributed by atoms with Gasteiger partial charge in [0.15, 0.2) is 0 Å². The van der Waals surface area contributed by atoms with Crippen LogP contribution in [0.2, 0.25) is 0 Å². The summed E-state index contributed by atoms with van der Waals surface area (Å²) in [6, 6.07) is 12.8.